The maximum Gasteiger partial charge on any atom is 0.129 e. The molecule has 1 heterocycles. The summed E-state index contributed by atoms with van der Waals surface area (Å²) in [6, 6.07) is 5.07. The predicted octanol–water partition coefficient (Wildman–Crippen LogP) is 2.57. The van der Waals surface area contributed by atoms with E-state index in [0.29, 0.717) is 0 Å². The van der Waals surface area contributed by atoms with Crippen LogP contribution in [0.3, 0.4) is 0 Å². The van der Waals surface area contributed by atoms with Crippen LogP contribution in [0.5, 0.6) is 0 Å². The summed E-state index contributed by atoms with van der Waals surface area (Å²) < 4.78 is 0. The summed E-state index contributed by atoms with van der Waals surface area (Å²) >= 11 is 0. The smallest absolute Gasteiger partial charge is 0.129 e. The molecule has 2 rings (SSSR count). The molecule has 0 bridgehead atoms. The van der Waals surface area contributed by atoms with Gasteiger partial charge in [-0.05, 0) is 50.4 Å². The van der Waals surface area contributed by atoms with E-state index in [-0.39, 0.29) is 0 Å². The molecule has 0 radical (unpaired) electrons. The van der Waals surface area contributed by atoms with Crippen molar-refractivity contribution in [2.45, 2.75) is 45.7 Å². The van der Waals surface area contributed by atoms with Crippen molar-refractivity contribution in [1.82, 2.24) is 10.3 Å². The molecule has 94 valence electrons. The Kier molecular flexibility index (Phi) is 4.37. The van der Waals surface area contributed by atoms with E-state index >= 15 is 0 Å². The molecule has 0 aromatic carbocycles. The highest BCUT2D eigenvalue weighted by molar-refractivity contribution is 5.43. The van der Waals surface area contributed by atoms with Crippen molar-refractivity contribution in [3.8, 4) is 0 Å². The lowest BCUT2D eigenvalue weighted by Gasteiger charge is -2.21. The van der Waals surface area contributed by atoms with E-state index in [2.05, 4.69) is 41.2 Å². The Morgan fingerprint density at radius 2 is 2.24 bits per heavy atom. The first-order valence-corrected chi connectivity index (χ1v) is 6.77. The van der Waals surface area contributed by atoms with Gasteiger partial charge in [-0.15, -0.1) is 0 Å². The van der Waals surface area contributed by atoms with Crippen molar-refractivity contribution < 1.29 is 0 Å². The minimum atomic E-state index is 0.742. The molecule has 0 aliphatic heterocycles. The van der Waals surface area contributed by atoms with Crippen molar-refractivity contribution in [3.63, 3.8) is 0 Å². The van der Waals surface area contributed by atoms with Crippen LogP contribution in [0.15, 0.2) is 18.3 Å². The molecule has 1 fully saturated rings. The average molecular weight is 233 g/mol. The third-order valence-electron chi connectivity index (χ3n) is 3.19. The molecule has 17 heavy (non-hydrogen) atoms. The Hall–Kier alpha value is -1.09. The molecule has 3 nitrogen and oxygen atoms in total. The minimum Gasteiger partial charge on any atom is -0.354 e. The fourth-order valence-corrected chi connectivity index (χ4v) is 2.13. The molecule has 1 aliphatic carbocycles. The van der Waals surface area contributed by atoms with E-state index in [1.54, 1.807) is 0 Å². The number of hydrogen-bond acceptors (Lipinski definition) is 3. The van der Waals surface area contributed by atoms with Gasteiger partial charge in [0.15, 0.2) is 0 Å². The SMILES string of the molecule is CCCNCc1ccnc(N(CC)C2CC2)c1. The Morgan fingerprint density at radius 3 is 2.88 bits per heavy atom. The van der Waals surface area contributed by atoms with E-state index in [1.807, 2.05) is 6.20 Å². The van der Waals surface area contributed by atoms with E-state index in [9.17, 15) is 0 Å². The molecule has 0 unspecified atom stereocenters. The van der Waals surface area contributed by atoms with Gasteiger partial charge in [-0.3, -0.25) is 0 Å². The van der Waals surface area contributed by atoms with Gasteiger partial charge in [0.25, 0.3) is 0 Å². The standard InChI is InChI=1S/C14H23N3/c1-3-8-15-11-12-7-9-16-14(10-12)17(4-2)13-5-6-13/h7,9-10,13,15H,3-6,8,11H2,1-2H3. The number of hydrogen-bond donors (Lipinski definition) is 1. The van der Waals surface area contributed by atoms with Crippen LogP contribution in [-0.4, -0.2) is 24.1 Å². The number of pyridine rings is 1. The van der Waals surface area contributed by atoms with E-state index in [4.69, 9.17) is 0 Å². The van der Waals surface area contributed by atoms with Crippen molar-refractivity contribution in [3.05, 3.63) is 23.9 Å². The molecule has 0 saturated heterocycles. The molecule has 1 saturated carbocycles. The monoisotopic (exact) mass is 233 g/mol. The summed E-state index contributed by atoms with van der Waals surface area (Å²) in [6.07, 6.45) is 5.77. The first-order valence-electron chi connectivity index (χ1n) is 6.77. The Labute approximate surface area is 104 Å². The van der Waals surface area contributed by atoms with Crippen molar-refractivity contribution in [1.29, 1.82) is 0 Å². The molecule has 1 aromatic heterocycles. The summed E-state index contributed by atoms with van der Waals surface area (Å²) in [4.78, 5) is 6.92. The maximum atomic E-state index is 4.50. The summed E-state index contributed by atoms with van der Waals surface area (Å²) in [5, 5.41) is 3.43. The normalized spacial score (nSPS) is 14.9. The summed E-state index contributed by atoms with van der Waals surface area (Å²) in [5.74, 6) is 1.14. The fraction of sp³-hybridized carbons (Fsp3) is 0.643. The van der Waals surface area contributed by atoms with Gasteiger partial charge in [-0.1, -0.05) is 6.92 Å². The van der Waals surface area contributed by atoms with Gasteiger partial charge >= 0.3 is 0 Å². The van der Waals surface area contributed by atoms with Crippen LogP contribution in [0, 0.1) is 0 Å². The number of nitrogens with one attached hydrogen (secondary N) is 1. The lowest BCUT2D eigenvalue weighted by Crippen LogP contribution is -2.26. The number of anilines is 1. The first kappa shape index (κ1) is 12.4. The van der Waals surface area contributed by atoms with Crippen LogP contribution in [0.1, 0.15) is 38.7 Å². The van der Waals surface area contributed by atoms with Crippen LogP contribution in [0.4, 0.5) is 5.82 Å². The zero-order valence-corrected chi connectivity index (χ0v) is 10.9. The van der Waals surface area contributed by atoms with Crippen molar-refractivity contribution in [2.75, 3.05) is 18.0 Å². The summed E-state index contributed by atoms with van der Waals surface area (Å²) in [5.41, 5.74) is 1.34. The first-order chi connectivity index (χ1) is 8.35. The van der Waals surface area contributed by atoms with E-state index in [1.165, 1.54) is 24.8 Å². The molecular formula is C14H23N3. The Bertz CT molecular complexity index is 347. The average Bonchev–Trinajstić information content (AvgIpc) is 3.16. The second-order valence-corrected chi connectivity index (χ2v) is 4.72. The molecular weight excluding hydrogens is 210 g/mol. The molecule has 1 aromatic rings. The highest BCUT2D eigenvalue weighted by Crippen LogP contribution is 2.30. The quantitative estimate of drug-likeness (QED) is 0.734. The van der Waals surface area contributed by atoms with Crippen LogP contribution < -0.4 is 10.2 Å². The second-order valence-electron chi connectivity index (χ2n) is 4.72. The molecule has 0 spiro atoms. The third kappa shape index (κ3) is 3.43. The van der Waals surface area contributed by atoms with Gasteiger partial charge in [-0.25, -0.2) is 4.98 Å². The topological polar surface area (TPSA) is 28.2 Å². The summed E-state index contributed by atoms with van der Waals surface area (Å²) in [6.45, 7) is 7.49. The highest BCUT2D eigenvalue weighted by atomic mass is 15.2. The van der Waals surface area contributed by atoms with Gasteiger partial charge in [0.2, 0.25) is 0 Å². The Balaban J connectivity index is 1.99. The van der Waals surface area contributed by atoms with Gasteiger partial charge in [0.1, 0.15) is 5.82 Å². The second kappa shape index (κ2) is 6.01. The lowest BCUT2D eigenvalue weighted by molar-refractivity contribution is 0.674. The van der Waals surface area contributed by atoms with Gasteiger partial charge < -0.3 is 10.2 Å². The van der Waals surface area contributed by atoms with Crippen LogP contribution in [-0.2, 0) is 6.54 Å². The van der Waals surface area contributed by atoms with Crippen molar-refractivity contribution in [2.24, 2.45) is 0 Å². The molecule has 0 atom stereocenters. The van der Waals surface area contributed by atoms with Crippen LogP contribution >= 0.6 is 0 Å². The van der Waals surface area contributed by atoms with E-state index in [0.717, 1.165) is 31.5 Å². The van der Waals surface area contributed by atoms with Crippen LogP contribution in [0.25, 0.3) is 0 Å². The number of nitrogens with zero attached hydrogens (tertiary/aromatic N) is 2. The van der Waals surface area contributed by atoms with Crippen molar-refractivity contribution >= 4 is 5.82 Å². The third-order valence-corrected chi connectivity index (χ3v) is 3.19. The number of rotatable bonds is 7. The zero-order valence-electron chi connectivity index (χ0n) is 10.9. The van der Waals surface area contributed by atoms with Gasteiger partial charge in [0, 0.05) is 25.3 Å². The fourth-order valence-electron chi connectivity index (χ4n) is 2.13. The molecule has 3 heteroatoms. The summed E-state index contributed by atoms with van der Waals surface area (Å²) in [7, 11) is 0. The zero-order chi connectivity index (χ0) is 12.1. The lowest BCUT2D eigenvalue weighted by atomic mass is 10.2. The minimum absolute atomic E-state index is 0.742. The Morgan fingerprint density at radius 1 is 1.41 bits per heavy atom. The van der Waals surface area contributed by atoms with Gasteiger partial charge in [-0.2, -0.15) is 0 Å². The maximum absolute atomic E-state index is 4.50. The van der Waals surface area contributed by atoms with Gasteiger partial charge in [0.05, 0.1) is 0 Å². The van der Waals surface area contributed by atoms with Crippen LogP contribution in [0.2, 0.25) is 0 Å². The van der Waals surface area contributed by atoms with E-state index < -0.39 is 0 Å². The molecule has 0 amide bonds. The highest BCUT2D eigenvalue weighted by Gasteiger charge is 2.28. The largest absolute Gasteiger partial charge is 0.354 e. The molecule has 1 aliphatic rings. The number of aromatic nitrogens is 1. The predicted molar refractivity (Wildman–Crippen MR) is 72.3 cm³/mol. The molecule has 1 N–H and O–H groups in total.